The van der Waals surface area contributed by atoms with Crippen LogP contribution in [0.4, 0.5) is 13.2 Å². The summed E-state index contributed by atoms with van der Waals surface area (Å²) in [6.07, 6.45) is 1.03. The lowest BCUT2D eigenvalue weighted by Crippen LogP contribution is -2.50. The number of hydrogen-bond acceptors (Lipinski definition) is 2. The third-order valence-electron chi connectivity index (χ3n) is 4.82. The first-order valence-electron chi connectivity index (χ1n) is 8.09. The zero-order valence-corrected chi connectivity index (χ0v) is 13.0. The second kappa shape index (κ2) is 7.06. The van der Waals surface area contributed by atoms with Crippen molar-refractivity contribution in [3.8, 4) is 0 Å². The Kier molecular flexibility index (Phi) is 5.58. The van der Waals surface area contributed by atoms with Crippen LogP contribution in [0.1, 0.15) is 51.4 Å². The van der Waals surface area contributed by atoms with Crippen LogP contribution in [-0.4, -0.2) is 42.5 Å². The maximum absolute atomic E-state index is 12.8. The van der Waals surface area contributed by atoms with E-state index in [9.17, 15) is 18.3 Å². The van der Waals surface area contributed by atoms with Gasteiger partial charge in [-0.2, -0.15) is 13.2 Å². The minimum atomic E-state index is -4.11. The molecule has 4 nitrogen and oxygen atoms in total. The van der Waals surface area contributed by atoms with Crippen LogP contribution in [0.2, 0.25) is 0 Å². The van der Waals surface area contributed by atoms with Crippen LogP contribution in [0.5, 0.6) is 0 Å². The number of aliphatic imine (C=N–C) groups is 1. The Balaban J connectivity index is 1.82. The predicted octanol–water partition coefficient (Wildman–Crippen LogP) is 2.58. The lowest BCUT2D eigenvalue weighted by molar-refractivity contribution is -0.183. The first kappa shape index (κ1) is 17.4. The number of nitrogens with one attached hydrogen (secondary N) is 2. The second-order valence-electron chi connectivity index (χ2n) is 6.60. The Bertz CT molecular complexity index is 392. The fraction of sp³-hybridized carbons (Fsp3) is 0.933. The zero-order valence-electron chi connectivity index (χ0n) is 13.0. The Hall–Kier alpha value is -0.980. The number of alkyl halides is 3. The average molecular weight is 321 g/mol. The molecule has 2 unspecified atom stereocenters. The van der Waals surface area contributed by atoms with E-state index in [0.29, 0.717) is 18.9 Å². The van der Waals surface area contributed by atoms with E-state index < -0.39 is 17.7 Å². The molecule has 2 atom stereocenters. The van der Waals surface area contributed by atoms with Crippen molar-refractivity contribution < 1.29 is 18.3 Å². The van der Waals surface area contributed by atoms with Crippen molar-refractivity contribution in [3.63, 3.8) is 0 Å². The summed E-state index contributed by atoms with van der Waals surface area (Å²) >= 11 is 0. The molecule has 0 aliphatic heterocycles. The number of halogens is 3. The van der Waals surface area contributed by atoms with Crippen LogP contribution >= 0.6 is 0 Å². The fourth-order valence-corrected chi connectivity index (χ4v) is 3.46. The van der Waals surface area contributed by atoms with Crippen molar-refractivity contribution in [2.45, 2.75) is 69.2 Å². The molecule has 0 heterocycles. The Morgan fingerprint density at radius 3 is 2.50 bits per heavy atom. The van der Waals surface area contributed by atoms with Gasteiger partial charge in [-0.3, -0.25) is 4.99 Å². The Labute approximate surface area is 129 Å². The molecule has 0 aromatic carbocycles. The maximum Gasteiger partial charge on any atom is 0.391 e. The quantitative estimate of drug-likeness (QED) is 0.553. The van der Waals surface area contributed by atoms with E-state index in [2.05, 4.69) is 15.6 Å². The molecule has 2 aliphatic rings. The van der Waals surface area contributed by atoms with E-state index in [0.717, 1.165) is 32.1 Å². The van der Waals surface area contributed by atoms with Crippen molar-refractivity contribution in [1.29, 1.82) is 0 Å². The maximum atomic E-state index is 12.8. The lowest BCUT2D eigenvalue weighted by Gasteiger charge is -2.32. The van der Waals surface area contributed by atoms with Gasteiger partial charge in [0.1, 0.15) is 0 Å². The molecule has 2 rings (SSSR count). The molecule has 3 N–H and O–H groups in total. The third kappa shape index (κ3) is 4.76. The monoisotopic (exact) mass is 321 g/mol. The van der Waals surface area contributed by atoms with Gasteiger partial charge in [-0.15, -0.1) is 0 Å². The van der Waals surface area contributed by atoms with Crippen molar-refractivity contribution in [1.82, 2.24) is 10.6 Å². The van der Waals surface area contributed by atoms with E-state index in [1.165, 1.54) is 0 Å². The zero-order chi connectivity index (χ0) is 16.2. The highest BCUT2D eigenvalue weighted by Crippen LogP contribution is 2.37. The van der Waals surface area contributed by atoms with Crippen LogP contribution in [0, 0.1) is 5.92 Å². The molecule has 0 spiro atoms. The van der Waals surface area contributed by atoms with Crippen molar-refractivity contribution in [3.05, 3.63) is 0 Å². The summed E-state index contributed by atoms with van der Waals surface area (Å²) in [6, 6.07) is -0.218. The van der Waals surface area contributed by atoms with E-state index in [1.54, 1.807) is 7.05 Å². The highest BCUT2D eigenvalue weighted by Gasteiger charge is 2.42. The molecule has 0 aromatic rings. The van der Waals surface area contributed by atoms with Gasteiger partial charge in [0.2, 0.25) is 0 Å². The summed E-state index contributed by atoms with van der Waals surface area (Å²) in [5.41, 5.74) is -0.710. The Morgan fingerprint density at radius 1 is 1.23 bits per heavy atom. The fourth-order valence-electron chi connectivity index (χ4n) is 3.46. The van der Waals surface area contributed by atoms with Gasteiger partial charge in [0.25, 0.3) is 0 Å². The van der Waals surface area contributed by atoms with Crippen LogP contribution in [0.3, 0.4) is 0 Å². The largest absolute Gasteiger partial charge is 0.391 e. The van der Waals surface area contributed by atoms with Gasteiger partial charge in [-0.25, -0.2) is 0 Å². The summed E-state index contributed by atoms with van der Waals surface area (Å²) in [6.45, 7) is 0.391. The van der Waals surface area contributed by atoms with Crippen molar-refractivity contribution in [2.75, 3.05) is 13.6 Å². The van der Waals surface area contributed by atoms with E-state index in [1.807, 2.05) is 0 Å². The molecule has 2 fully saturated rings. The van der Waals surface area contributed by atoms with Gasteiger partial charge in [0.15, 0.2) is 5.96 Å². The molecule has 0 radical (unpaired) electrons. The van der Waals surface area contributed by atoms with Crippen LogP contribution in [0.15, 0.2) is 4.99 Å². The molecular weight excluding hydrogens is 295 g/mol. The average Bonchev–Trinajstić information content (AvgIpc) is 2.90. The van der Waals surface area contributed by atoms with Crippen molar-refractivity contribution in [2.24, 2.45) is 10.9 Å². The molecule has 128 valence electrons. The molecule has 22 heavy (non-hydrogen) atoms. The van der Waals surface area contributed by atoms with Gasteiger partial charge in [0.05, 0.1) is 11.5 Å². The van der Waals surface area contributed by atoms with E-state index in [-0.39, 0.29) is 18.9 Å². The second-order valence-corrected chi connectivity index (χ2v) is 6.60. The summed E-state index contributed by atoms with van der Waals surface area (Å²) in [5, 5.41) is 16.4. The number of guanidine groups is 1. The Morgan fingerprint density at radius 2 is 1.91 bits per heavy atom. The van der Waals surface area contributed by atoms with Gasteiger partial charge < -0.3 is 15.7 Å². The number of aliphatic hydroxyl groups is 1. The molecular formula is C15H26F3N3O. The number of hydrogen-bond donors (Lipinski definition) is 3. The third-order valence-corrected chi connectivity index (χ3v) is 4.82. The van der Waals surface area contributed by atoms with Crippen LogP contribution < -0.4 is 10.6 Å². The van der Waals surface area contributed by atoms with E-state index in [4.69, 9.17) is 0 Å². The molecule has 0 saturated heterocycles. The van der Waals surface area contributed by atoms with Crippen LogP contribution in [0.25, 0.3) is 0 Å². The standard InChI is InChI=1S/C15H26F3N3O/c1-19-13(20-10-14(22)7-2-3-8-14)21-12-6-4-5-11(9-12)15(16,17)18/h11-12,22H,2-10H2,1H3,(H2,19,20,21). The minimum Gasteiger partial charge on any atom is -0.388 e. The van der Waals surface area contributed by atoms with Gasteiger partial charge >= 0.3 is 6.18 Å². The summed E-state index contributed by atoms with van der Waals surface area (Å²) in [5.74, 6) is -0.746. The molecule has 7 heteroatoms. The van der Waals surface area contributed by atoms with Gasteiger partial charge in [-0.05, 0) is 32.1 Å². The molecule has 2 aliphatic carbocycles. The topological polar surface area (TPSA) is 56.7 Å². The highest BCUT2D eigenvalue weighted by molar-refractivity contribution is 5.80. The summed E-state index contributed by atoms with van der Waals surface area (Å²) < 4.78 is 38.5. The molecule has 0 amide bonds. The highest BCUT2D eigenvalue weighted by atomic mass is 19.4. The normalized spacial score (nSPS) is 29.4. The first-order chi connectivity index (χ1) is 10.3. The lowest BCUT2D eigenvalue weighted by atomic mass is 9.85. The van der Waals surface area contributed by atoms with Crippen molar-refractivity contribution >= 4 is 5.96 Å². The molecule has 2 saturated carbocycles. The van der Waals surface area contributed by atoms with E-state index >= 15 is 0 Å². The predicted molar refractivity (Wildman–Crippen MR) is 79.7 cm³/mol. The first-order valence-corrected chi connectivity index (χ1v) is 8.09. The summed E-state index contributed by atoms with van der Waals surface area (Å²) in [7, 11) is 1.60. The number of nitrogens with zero attached hydrogens (tertiary/aromatic N) is 1. The SMILES string of the molecule is CN=C(NCC1(O)CCCC1)NC1CCCC(C(F)(F)F)C1. The van der Waals surface area contributed by atoms with Gasteiger partial charge in [0, 0.05) is 19.6 Å². The molecule has 0 aromatic heterocycles. The van der Waals surface area contributed by atoms with Crippen LogP contribution in [-0.2, 0) is 0 Å². The minimum absolute atomic E-state index is 0.0917. The summed E-state index contributed by atoms with van der Waals surface area (Å²) in [4.78, 5) is 4.06. The smallest absolute Gasteiger partial charge is 0.388 e. The van der Waals surface area contributed by atoms with Gasteiger partial charge in [-0.1, -0.05) is 19.3 Å². The molecule has 0 bridgehead atoms. The number of rotatable bonds is 3.